The third-order valence-electron chi connectivity index (χ3n) is 2.35. The summed E-state index contributed by atoms with van der Waals surface area (Å²) >= 11 is 11.7. The Balaban J connectivity index is 2.84. The second kappa shape index (κ2) is 6.02. The van der Waals surface area contributed by atoms with E-state index < -0.39 is 21.7 Å². The minimum atomic E-state index is -3.14. The molecule has 0 heterocycles. The average Bonchev–Trinajstić information content (AvgIpc) is 2.28. The molecule has 1 rings (SSSR count). The van der Waals surface area contributed by atoms with Gasteiger partial charge >= 0.3 is 0 Å². The van der Waals surface area contributed by atoms with Gasteiger partial charge in [-0.3, -0.25) is 4.79 Å². The lowest BCUT2D eigenvalue weighted by atomic mass is 10.0. The Morgan fingerprint density at radius 2 is 2.00 bits per heavy atom. The van der Waals surface area contributed by atoms with E-state index in [1.54, 1.807) is 12.1 Å². The number of Topliss-reactive ketones (excluding diaryl/α,β-unsaturated/α-hetero) is 1. The van der Waals surface area contributed by atoms with Gasteiger partial charge in [0.25, 0.3) is 0 Å². The van der Waals surface area contributed by atoms with Crippen LogP contribution in [0.4, 0.5) is 0 Å². The van der Waals surface area contributed by atoms with Crippen molar-refractivity contribution in [3.8, 4) is 0 Å². The van der Waals surface area contributed by atoms with Crippen molar-refractivity contribution in [3.63, 3.8) is 0 Å². The van der Waals surface area contributed by atoms with Gasteiger partial charge in [-0.15, -0.1) is 0 Å². The van der Waals surface area contributed by atoms with Gasteiger partial charge < -0.3 is 5.73 Å². The number of carbonyl (C=O) groups excluding carboxylic acids is 1. The second-order valence-corrected chi connectivity index (χ2v) is 7.04. The van der Waals surface area contributed by atoms with Crippen molar-refractivity contribution in [2.45, 2.75) is 12.5 Å². The maximum Gasteiger partial charge on any atom is 0.181 e. The minimum absolute atomic E-state index is 0.0561. The van der Waals surface area contributed by atoms with Crippen LogP contribution in [0, 0.1) is 0 Å². The highest BCUT2D eigenvalue weighted by molar-refractivity contribution is 7.90. The van der Waals surface area contributed by atoms with E-state index in [4.69, 9.17) is 28.9 Å². The fraction of sp³-hybridized carbons (Fsp3) is 0.364. The average molecular weight is 310 g/mol. The van der Waals surface area contributed by atoms with Crippen molar-refractivity contribution in [2.24, 2.45) is 5.73 Å². The van der Waals surface area contributed by atoms with E-state index in [1.165, 1.54) is 6.07 Å². The third-order valence-corrected chi connectivity index (χ3v) is 4.15. The fourth-order valence-corrected chi connectivity index (χ4v) is 2.44. The molecule has 0 aliphatic carbocycles. The Labute approximate surface area is 116 Å². The van der Waals surface area contributed by atoms with Crippen LogP contribution in [0.15, 0.2) is 18.2 Å². The van der Waals surface area contributed by atoms with Gasteiger partial charge in [0.1, 0.15) is 9.84 Å². The molecule has 1 aromatic carbocycles. The van der Waals surface area contributed by atoms with Gasteiger partial charge in [-0.2, -0.15) is 0 Å². The minimum Gasteiger partial charge on any atom is -0.321 e. The van der Waals surface area contributed by atoms with Crippen molar-refractivity contribution >= 4 is 38.8 Å². The van der Waals surface area contributed by atoms with Crippen molar-refractivity contribution in [1.29, 1.82) is 0 Å². The topological polar surface area (TPSA) is 77.2 Å². The van der Waals surface area contributed by atoms with Crippen LogP contribution in [0.5, 0.6) is 0 Å². The summed E-state index contributed by atoms with van der Waals surface area (Å²) in [5, 5.41) is 0.400. The van der Waals surface area contributed by atoms with Crippen molar-refractivity contribution in [1.82, 2.24) is 0 Å². The lowest BCUT2D eigenvalue weighted by Gasteiger charge is -2.11. The van der Waals surface area contributed by atoms with E-state index in [0.717, 1.165) is 6.26 Å². The Kier molecular flexibility index (Phi) is 5.16. The summed E-state index contributed by atoms with van der Waals surface area (Å²) in [5.74, 6) is -0.552. The Hall–Kier alpha value is -0.620. The van der Waals surface area contributed by atoms with Crippen LogP contribution in [-0.2, 0) is 9.84 Å². The van der Waals surface area contributed by atoms with Crippen LogP contribution in [0.25, 0.3) is 0 Å². The first-order valence-electron chi connectivity index (χ1n) is 5.14. The monoisotopic (exact) mass is 309 g/mol. The molecule has 0 saturated carbocycles. The molecule has 0 amide bonds. The quantitative estimate of drug-likeness (QED) is 0.843. The van der Waals surface area contributed by atoms with Crippen molar-refractivity contribution < 1.29 is 13.2 Å². The first-order valence-corrected chi connectivity index (χ1v) is 7.95. The fourth-order valence-electron chi connectivity index (χ4n) is 1.37. The first-order chi connectivity index (χ1) is 8.22. The predicted molar refractivity (Wildman–Crippen MR) is 73.1 cm³/mol. The van der Waals surface area contributed by atoms with Crippen LogP contribution in [-0.4, -0.2) is 32.3 Å². The van der Waals surface area contributed by atoms with E-state index in [2.05, 4.69) is 0 Å². The molecule has 2 N–H and O–H groups in total. The van der Waals surface area contributed by atoms with E-state index >= 15 is 0 Å². The molecule has 0 fully saturated rings. The lowest BCUT2D eigenvalue weighted by Crippen LogP contribution is -2.32. The molecule has 1 atom stereocenters. The molecule has 0 radical (unpaired) electrons. The molecule has 1 unspecified atom stereocenters. The summed E-state index contributed by atoms with van der Waals surface area (Å²) in [6, 6.07) is 3.75. The highest BCUT2D eigenvalue weighted by Gasteiger charge is 2.20. The number of carbonyl (C=O) groups is 1. The van der Waals surface area contributed by atoms with Gasteiger partial charge in [-0.1, -0.05) is 29.3 Å². The molecule has 18 heavy (non-hydrogen) atoms. The Morgan fingerprint density at radius 1 is 1.39 bits per heavy atom. The number of ketones is 1. The molecular weight excluding hydrogens is 297 g/mol. The van der Waals surface area contributed by atoms with E-state index in [-0.39, 0.29) is 27.8 Å². The summed E-state index contributed by atoms with van der Waals surface area (Å²) in [6.45, 7) is 0. The number of rotatable bonds is 5. The molecule has 1 aromatic rings. The van der Waals surface area contributed by atoms with Gasteiger partial charge in [0.15, 0.2) is 5.78 Å². The predicted octanol–water partition coefficient (Wildman–Crippen LogP) is 1.94. The number of hydrogen-bond donors (Lipinski definition) is 1. The SMILES string of the molecule is CS(=O)(=O)CCC(N)C(=O)c1cccc(Cl)c1Cl. The van der Waals surface area contributed by atoms with Gasteiger partial charge in [-0.25, -0.2) is 8.42 Å². The number of halogens is 2. The van der Waals surface area contributed by atoms with Gasteiger partial charge in [0.05, 0.1) is 21.8 Å². The van der Waals surface area contributed by atoms with Crippen molar-refractivity contribution in [3.05, 3.63) is 33.8 Å². The van der Waals surface area contributed by atoms with Crippen molar-refractivity contribution in [2.75, 3.05) is 12.0 Å². The zero-order valence-electron chi connectivity index (χ0n) is 9.69. The van der Waals surface area contributed by atoms with E-state index in [9.17, 15) is 13.2 Å². The number of sulfone groups is 1. The summed E-state index contributed by atoms with van der Waals surface area (Å²) in [7, 11) is -3.14. The molecule has 100 valence electrons. The standard InChI is InChI=1S/C11H13Cl2NO3S/c1-18(16,17)6-5-9(14)11(15)7-3-2-4-8(12)10(7)13/h2-4,9H,5-6,14H2,1H3. The first kappa shape index (κ1) is 15.4. The zero-order chi connectivity index (χ0) is 13.9. The maximum atomic E-state index is 12.0. The van der Waals surface area contributed by atoms with Crippen LogP contribution >= 0.6 is 23.2 Å². The highest BCUT2D eigenvalue weighted by atomic mass is 35.5. The van der Waals surface area contributed by atoms with E-state index in [1.807, 2.05) is 0 Å². The third kappa shape index (κ3) is 4.24. The molecule has 0 aromatic heterocycles. The van der Waals surface area contributed by atoms with Crippen LogP contribution in [0.2, 0.25) is 10.0 Å². The van der Waals surface area contributed by atoms with Crippen LogP contribution in [0.1, 0.15) is 16.8 Å². The summed E-state index contributed by atoms with van der Waals surface area (Å²) in [5.41, 5.74) is 5.87. The molecule has 7 heteroatoms. The van der Waals surface area contributed by atoms with Crippen LogP contribution in [0.3, 0.4) is 0 Å². The van der Waals surface area contributed by atoms with E-state index in [0.29, 0.717) is 0 Å². The van der Waals surface area contributed by atoms with Gasteiger partial charge in [0, 0.05) is 11.8 Å². The molecule has 4 nitrogen and oxygen atoms in total. The molecule has 0 spiro atoms. The lowest BCUT2D eigenvalue weighted by molar-refractivity contribution is 0.0960. The Morgan fingerprint density at radius 3 is 2.56 bits per heavy atom. The summed E-state index contributed by atoms with van der Waals surface area (Å²) < 4.78 is 22.0. The van der Waals surface area contributed by atoms with Crippen LogP contribution < -0.4 is 5.73 Å². The largest absolute Gasteiger partial charge is 0.321 e. The Bertz CT molecular complexity index is 557. The highest BCUT2D eigenvalue weighted by Crippen LogP contribution is 2.26. The number of hydrogen-bond acceptors (Lipinski definition) is 4. The molecule has 0 saturated heterocycles. The maximum absolute atomic E-state index is 12.0. The molecule has 0 bridgehead atoms. The van der Waals surface area contributed by atoms with Gasteiger partial charge in [-0.05, 0) is 18.6 Å². The number of benzene rings is 1. The molecular formula is C11H13Cl2NO3S. The normalized spacial score (nSPS) is 13.3. The molecule has 0 aliphatic rings. The summed E-state index contributed by atoms with van der Waals surface area (Å²) in [6.07, 6.45) is 1.15. The second-order valence-electron chi connectivity index (χ2n) is 3.99. The molecule has 0 aliphatic heterocycles. The zero-order valence-corrected chi connectivity index (χ0v) is 12.0. The number of nitrogens with two attached hydrogens (primary N) is 1. The smallest absolute Gasteiger partial charge is 0.181 e. The van der Waals surface area contributed by atoms with Gasteiger partial charge in [0.2, 0.25) is 0 Å². The summed E-state index contributed by atoms with van der Waals surface area (Å²) in [4.78, 5) is 12.0.